The monoisotopic (exact) mass is 506 g/mol. The van der Waals surface area contributed by atoms with E-state index >= 15 is 0 Å². The summed E-state index contributed by atoms with van der Waals surface area (Å²) >= 11 is 0. The van der Waals surface area contributed by atoms with Gasteiger partial charge in [0.15, 0.2) is 6.10 Å². The minimum absolute atomic E-state index is 0.0715. The lowest BCUT2D eigenvalue weighted by molar-refractivity contribution is -0.168. The van der Waals surface area contributed by atoms with Crippen molar-refractivity contribution in [1.29, 1.82) is 0 Å². The Kier molecular flexibility index (Phi) is 9.54. The highest BCUT2D eigenvalue weighted by atomic mass is 16.6. The normalized spacial score (nSPS) is 35.2. The number of esters is 4. The largest absolute Gasteiger partial charge is 0.462 e. The molecule has 0 aliphatic heterocycles. The van der Waals surface area contributed by atoms with E-state index in [0.29, 0.717) is 6.42 Å². The molecule has 7 atom stereocenters. The molecule has 2 rings (SSSR count). The van der Waals surface area contributed by atoms with Crippen LogP contribution < -0.4 is 0 Å². The minimum atomic E-state index is -0.803. The fourth-order valence-electron chi connectivity index (χ4n) is 6.03. The molecule has 0 heterocycles. The standard InChI is InChI=1S/C28H42O8/c1-16-14-23(33-18(3)29)25-22(27(7,8)36-21(6)32)11-13-28(25,9)12-10-17(2)26(35-20(5)31)24(15-16)34-19(4)30/h10,12,15,17,22-26H,11,13-14H2,1-9H3/b12-10+,16-15+/t17-,22-,23+,24-,25-,26-,28+/m1/s1. The number of allylic oxidation sites excluding steroid dienone is 1. The van der Waals surface area contributed by atoms with Crippen molar-refractivity contribution < 1.29 is 38.1 Å². The Morgan fingerprint density at radius 1 is 0.944 bits per heavy atom. The van der Waals surface area contributed by atoms with E-state index in [1.807, 2.05) is 33.8 Å². The molecule has 8 nitrogen and oxygen atoms in total. The molecule has 0 aromatic heterocycles. The van der Waals surface area contributed by atoms with Crippen molar-refractivity contribution in [3.05, 3.63) is 23.8 Å². The summed E-state index contributed by atoms with van der Waals surface area (Å²) in [4.78, 5) is 48.0. The number of fused-ring (bicyclic) bond motifs is 1. The Morgan fingerprint density at radius 2 is 1.53 bits per heavy atom. The second-order valence-corrected chi connectivity index (χ2v) is 11.1. The molecule has 202 valence electrons. The molecule has 0 unspecified atom stereocenters. The van der Waals surface area contributed by atoms with Crippen LogP contribution in [0.15, 0.2) is 23.8 Å². The summed E-state index contributed by atoms with van der Waals surface area (Å²) in [6.45, 7) is 15.2. The topological polar surface area (TPSA) is 105 Å². The second kappa shape index (κ2) is 11.6. The molecule has 0 amide bonds. The van der Waals surface area contributed by atoms with Crippen LogP contribution in [0.3, 0.4) is 0 Å². The minimum Gasteiger partial charge on any atom is -0.462 e. The van der Waals surface area contributed by atoms with Gasteiger partial charge < -0.3 is 18.9 Å². The highest BCUT2D eigenvalue weighted by Gasteiger charge is 2.54. The summed E-state index contributed by atoms with van der Waals surface area (Å²) in [6, 6.07) is 0. The third-order valence-corrected chi connectivity index (χ3v) is 7.41. The van der Waals surface area contributed by atoms with Crippen LogP contribution in [0.25, 0.3) is 0 Å². The van der Waals surface area contributed by atoms with Crippen molar-refractivity contribution in [2.75, 3.05) is 0 Å². The van der Waals surface area contributed by atoms with Crippen LogP contribution in [0.2, 0.25) is 0 Å². The summed E-state index contributed by atoms with van der Waals surface area (Å²) < 4.78 is 22.9. The highest BCUT2D eigenvalue weighted by molar-refractivity contribution is 5.68. The van der Waals surface area contributed by atoms with Gasteiger partial charge in [-0.2, -0.15) is 0 Å². The summed E-state index contributed by atoms with van der Waals surface area (Å²) in [6.07, 6.45) is 5.80. The van der Waals surface area contributed by atoms with E-state index in [0.717, 1.165) is 18.4 Å². The van der Waals surface area contributed by atoms with Crippen molar-refractivity contribution in [3.63, 3.8) is 0 Å². The summed E-state index contributed by atoms with van der Waals surface area (Å²) in [7, 11) is 0. The van der Waals surface area contributed by atoms with Crippen molar-refractivity contribution in [2.45, 2.75) is 105 Å². The predicted molar refractivity (Wildman–Crippen MR) is 134 cm³/mol. The smallest absolute Gasteiger partial charge is 0.303 e. The van der Waals surface area contributed by atoms with Crippen molar-refractivity contribution in [2.24, 2.45) is 23.2 Å². The van der Waals surface area contributed by atoms with Gasteiger partial charge in [-0.1, -0.05) is 31.6 Å². The quantitative estimate of drug-likeness (QED) is 0.300. The van der Waals surface area contributed by atoms with Crippen molar-refractivity contribution in [1.82, 2.24) is 0 Å². The molecule has 36 heavy (non-hydrogen) atoms. The lowest BCUT2D eigenvalue weighted by atomic mass is 9.68. The van der Waals surface area contributed by atoms with Crippen LogP contribution in [-0.4, -0.2) is 47.8 Å². The van der Waals surface area contributed by atoms with E-state index in [1.165, 1.54) is 27.7 Å². The molecular weight excluding hydrogens is 464 g/mol. The van der Waals surface area contributed by atoms with E-state index < -0.39 is 47.2 Å². The average molecular weight is 507 g/mol. The van der Waals surface area contributed by atoms with Crippen LogP contribution >= 0.6 is 0 Å². The zero-order chi connectivity index (χ0) is 27.4. The maximum absolute atomic E-state index is 12.2. The van der Waals surface area contributed by atoms with Gasteiger partial charge in [-0.05, 0) is 45.1 Å². The van der Waals surface area contributed by atoms with E-state index in [-0.39, 0.29) is 23.7 Å². The Morgan fingerprint density at radius 3 is 2.06 bits per heavy atom. The maximum Gasteiger partial charge on any atom is 0.303 e. The first-order chi connectivity index (χ1) is 16.6. The van der Waals surface area contributed by atoms with E-state index in [4.69, 9.17) is 18.9 Å². The van der Waals surface area contributed by atoms with Gasteiger partial charge in [0.1, 0.15) is 17.8 Å². The van der Waals surface area contributed by atoms with Gasteiger partial charge in [0, 0.05) is 51.9 Å². The zero-order valence-electron chi connectivity index (χ0n) is 23.1. The van der Waals surface area contributed by atoms with Crippen LogP contribution in [-0.2, 0) is 38.1 Å². The Hall–Kier alpha value is -2.64. The fraction of sp³-hybridized carbons (Fsp3) is 0.714. The number of hydrogen-bond donors (Lipinski definition) is 0. The van der Waals surface area contributed by atoms with E-state index in [9.17, 15) is 19.2 Å². The first-order valence-electron chi connectivity index (χ1n) is 12.6. The molecule has 1 fully saturated rings. The third-order valence-electron chi connectivity index (χ3n) is 7.41. The highest BCUT2D eigenvalue weighted by Crippen LogP contribution is 2.55. The van der Waals surface area contributed by atoms with Gasteiger partial charge in [0.05, 0.1) is 0 Å². The molecule has 8 heteroatoms. The molecule has 2 aliphatic carbocycles. The molecule has 0 saturated heterocycles. The van der Waals surface area contributed by atoms with Gasteiger partial charge in [0.2, 0.25) is 0 Å². The number of hydrogen-bond acceptors (Lipinski definition) is 8. The van der Waals surface area contributed by atoms with E-state index in [2.05, 4.69) is 13.0 Å². The molecule has 1 saturated carbocycles. The molecule has 0 radical (unpaired) electrons. The van der Waals surface area contributed by atoms with Crippen molar-refractivity contribution >= 4 is 23.9 Å². The molecule has 2 aliphatic rings. The third kappa shape index (κ3) is 7.43. The van der Waals surface area contributed by atoms with Gasteiger partial charge in [0.25, 0.3) is 0 Å². The van der Waals surface area contributed by atoms with Gasteiger partial charge in [-0.25, -0.2) is 0 Å². The molecule has 0 aromatic carbocycles. The fourth-order valence-corrected chi connectivity index (χ4v) is 6.03. The molecule has 0 spiro atoms. The predicted octanol–water partition coefficient (Wildman–Crippen LogP) is 4.70. The Labute approximate surface area is 214 Å². The zero-order valence-corrected chi connectivity index (χ0v) is 23.1. The summed E-state index contributed by atoms with van der Waals surface area (Å²) in [5.74, 6) is -2.21. The van der Waals surface area contributed by atoms with Crippen LogP contribution in [0.1, 0.15) is 81.6 Å². The number of carbonyl (C=O) groups is 4. The lowest BCUT2D eigenvalue weighted by Crippen LogP contribution is -2.46. The second-order valence-electron chi connectivity index (χ2n) is 11.1. The molecule has 0 bridgehead atoms. The molecular formula is C28H42O8. The van der Waals surface area contributed by atoms with E-state index in [1.54, 1.807) is 6.08 Å². The van der Waals surface area contributed by atoms with Crippen LogP contribution in [0, 0.1) is 23.2 Å². The summed E-state index contributed by atoms with van der Waals surface area (Å²) in [5.41, 5.74) is -0.333. The Balaban J connectivity index is 2.67. The first kappa shape index (κ1) is 29.6. The Bertz CT molecular complexity index is 917. The lowest BCUT2D eigenvalue weighted by Gasteiger charge is -2.42. The number of carbonyl (C=O) groups excluding carboxylic acids is 4. The van der Waals surface area contributed by atoms with Gasteiger partial charge in [-0.3, -0.25) is 19.2 Å². The van der Waals surface area contributed by atoms with Crippen LogP contribution in [0.4, 0.5) is 0 Å². The van der Waals surface area contributed by atoms with Crippen molar-refractivity contribution in [3.8, 4) is 0 Å². The summed E-state index contributed by atoms with van der Waals surface area (Å²) in [5, 5.41) is 0. The molecule has 0 N–H and O–H groups in total. The number of ether oxygens (including phenoxy) is 4. The first-order valence-corrected chi connectivity index (χ1v) is 12.6. The maximum atomic E-state index is 12.2. The SMILES string of the molecule is CC(=O)O[C@@H]1[C@H](C)/C=C/[C@@]2(C)CC[C@@H](C(C)(C)OC(C)=O)[C@@H]2[C@@H](OC(C)=O)C/C(C)=C/[C@H]1OC(C)=O. The molecule has 0 aromatic rings. The average Bonchev–Trinajstić information content (AvgIpc) is 3.05. The van der Waals surface area contributed by atoms with Crippen LogP contribution in [0.5, 0.6) is 0 Å². The van der Waals surface area contributed by atoms with Gasteiger partial charge >= 0.3 is 23.9 Å². The van der Waals surface area contributed by atoms with Gasteiger partial charge in [-0.15, -0.1) is 0 Å². The number of rotatable bonds is 5.